The molecule has 1 aromatic rings. The Balaban J connectivity index is 2.32. The van der Waals surface area contributed by atoms with Gasteiger partial charge >= 0.3 is 0 Å². The van der Waals surface area contributed by atoms with Gasteiger partial charge in [0.25, 0.3) is 0 Å². The van der Waals surface area contributed by atoms with E-state index in [2.05, 4.69) is 47.9 Å². The molecule has 1 fully saturated rings. The van der Waals surface area contributed by atoms with Crippen molar-refractivity contribution in [2.45, 2.75) is 45.7 Å². The molecular formula is C16H29N5. The van der Waals surface area contributed by atoms with Crippen LogP contribution >= 0.6 is 0 Å². The third-order valence-electron chi connectivity index (χ3n) is 4.08. The van der Waals surface area contributed by atoms with Crippen molar-refractivity contribution in [2.24, 2.45) is 0 Å². The van der Waals surface area contributed by atoms with Crippen LogP contribution in [-0.4, -0.2) is 54.6 Å². The molecule has 0 radical (unpaired) electrons. The van der Waals surface area contributed by atoms with E-state index in [1.807, 2.05) is 13.2 Å². The van der Waals surface area contributed by atoms with E-state index in [1.165, 1.54) is 12.1 Å². The first-order chi connectivity index (χ1) is 10.0. The number of aromatic nitrogens is 2. The smallest absolute Gasteiger partial charge is 0.131 e. The summed E-state index contributed by atoms with van der Waals surface area (Å²) in [6, 6.07) is 0.488. The summed E-state index contributed by atoms with van der Waals surface area (Å²) in [7, 11) is 4.17. The number of rotatable bonds is 4. The topological polar surface area (TPSA) is 44.3 Å². The van der Waals surface area contributed by atoms with Gasteiger partial charge in [0.05, 0.1) is 17.6 Å². The maximum Gasteiger partial charge on any atom is 0.131 e. The van der Waals surface area contributed by atoms with E-state index in [4.69, 9.17) is 4.98 Å². The van der Waals surface area contributed by atoms with Crippen LogP contribution in [0.3, 0.4) is 0 Å². The van der Waals surface area contributed by atoms with Gasteiger partial charge in [0, 0.05) is 31.6 Å². The lowest BCUT2D eigenvalue weighted by molar-refractivity contribution is 0.337. The summed E-state index contributed by atoms with van der Waals surface area (Å²) in [6.07, 6.45) is 3.21. The number of nitrogens with zero attached hydrogens (tertiary/aromatic N) is 4. The van der Waals surface area contributed by atoms with Crippen molar-refractivity contribution in [1.82, 2.24) is 20.2 Å². The molecule has 118 valence electrons. The van der Waals surface area contributed by atoms with Crippen LogP contribution in [-0.2, 0) is 6.54 Å². The SMILES string of the molecule is CNCc1nc(C(C)C)ncc1N1CCCN(C)CC1C. The summed E-state index contributed by atoms with van der Waals surface area (Å²) < 4.78 is 0. The van der Waals surface area contributed by atoms with E-state index in [9.17, 15) is 0 Å². The van der Waals surface area contributed by atoms with Gasteiger partial charge in [-0.3, -0.25) is 0 Å². The number of hydrogen-bond donors (Lipinski definition) is 1. The average molecular weight is 291 g/mol. The van der Waals surface area contributed by atoms with Gasteiger partial charge in [-0.25, -0.2) is 9.97 Å². The number of anilines is 1. The largest absolute Gasteiger partial charge is 0.365 e. The third-order valence-corrected chi connectivity index (χ3v) is 4.08. The third kappa shape index (κ3) is 3.92. The minimum atomic E-state index is 0.363. The average Bonchev–Trinajstić information content (AvgIpc) is 2.60. The first-order valence-corrected chi connectivity index (χ1v) is 7.98. The minimum Gasteiger partial charge on any atom is -0.365 e. The molecule has 2 heterocycles. The fourth-order valence-electron chi connectivity index (χ4n) is 2.97. The number of nitrogens with one attached hydrogen (secondary N) is 1. The molecule has 21 heavy (non-hydrogen) atoms. The Bertz CT molecular complexity index is 460. The Kier molecular flexibility index (Phi) is 5.53. The molecule has 0 aromatic carbocycles. The molecule has 5 heteroatoms. The highest BCUT2D eigenvalue weighted by atomic mass is 15.2. The van der Waals surface area contributed by atoms with Gasteiger partial charge in [-0.05, 0) is 34.0 Å². The van der Waals surface area contributed by atoms with Crippen molar-refractivity contribution in [3.63, 3.8) is 0 Å². The summed E-state index contributed by atoms with van der Waals surface area (Å²) in [5.74, 6) is 1.30. The van der Waals surface area contributed by atoms with Crippen molar-refractivity contribution in [3.8, 4) is 0 Å². The Morgan fingerprint density at radius 1 is 1.38 bits per heavy atom. The lowest BCUT2D eigenvalue weighted by Crippen LogP contribution is -2.39. The van der Waals surface area contributed by atoms with Crippen molar-refractivity contribution in [2.75, 3.05) is 38.6 Å². The first kappa shape index (κ1) is 16.2. The summed E-state index contributed by atoms with van der Waals surface area (Å²) in [5, 5.41) is 3.24. The minimum absolute atomic E-state index is 0.363. The second-order valence-corrected chi connectivity index (χ2v) is 6.40. The van der Waals surface area contributed by atoms with Gasteiger partial charge in [0.15, 0.2) is 0 Å². The fourth-order valence-corrected chi connectivity index (χ4v) is 2.97. The lowest BCUT2D eigenvalue weighted by Gasteiger charge is -2.31. The molecule has 5 nitrogen and oxygen atoms in total. The molecule has 0 bridgehead atoms. The molecular weight excluding hydrogens is 262 g/mol. The van der Waals surface area contributed by atoms with Crippen molar-refractivity contribution < 1.29 is 0 Å². The van der Waals surface area contributed by atoms with E-state index in [0.29, 0.717) is 12.0 Å². The highest BCUT2D eigenvalue weighted by molar-refractivity contribution is 5.50. The van der Waals surface area contributed by atoms with Gasteiger partial charge in [-0.1, -0.05) is 13.8 Å². The van der Waals surface area contributed by atoms with Crippen molar-refractivity contribution in [3.05, 3.63) is 17.7 Å². The van der Waals surface area contributed by atoms with Crippen LogP contribution in [0.5, 0.6) is 0 Å². The molecule has 1 unspecified atom stereocenters. The molecule has 1 atom stereocenters. The molecule has 2 rings (SSSR count). The number of hydrogen-bond acceptors (Lipinski definition) is 5. The maximum atomic E-state index is 4.79. The Hall–Kier alpha value is -1.20. The summed E-state index contributed by atoms with van der Waals surface area (Å²) >= 11 is 0. The summed E-state index contributed by atoms with van der Waals surface area (Å²) in [4.78, 5) is 14.3. The van der Waals surface area contributed by atoms with E-state index >= 15 is 0 Å². The Morgan fingerprint density at radius 3 is 2.81 bits per heavy atom. The predicted molar refractivity (Wildman–Crippen MR) is 87.8 cm³/mol. The first-order valence-electron chi connectivity index (χ1n) is 7.98. The quantitative estimate of drug-likeness (QED) is 0.917. The molecule has 1 aromatic heterocycles. The normalized spacial score (nSPS) is 20.9. The molecule has 0 spiro atoms. The summed E-state index contributed by atoms with van der Waals surface area (Å²) in [5.41, 5.74) is 2.31. The molecule has 1 saturated heterocycles. The van der Waals surface area contributed by atoms with Crippen LogP contribution in [0.1, 0.15) is 44.6 Å². The predicted octanol–water partition coefficient (Wildman–Crippen LogP) is 1.85. The lowest BCUT2D eigenvalue weighted by atomic mass is 10.1. The van der Waals surface area contributed by atoms with Gasteiger partial charge in [0.2, 0.25) is 0 Å². The zero-order chi connectivity index (χ0) is 15.4. The zero-order valence-corrected chi connectivity index (χ0v) is 14.1. The maximum absolute atomic E-state index is 4.79. The van der Waals surface area contributed by atoms with Gasteiger partial charge in [0.1, 0.15) is 5.82 Å². The molecule has 1 aliphatic rings. The highest BCUT2D eigenvalue weighted by Gasteiger charge is 2.23. The van der Waals surface area contributed by atoms with Crippen LogP contribution in [0.4, 0.5) is 5.69 Å². The van der Waals surface area contributed by atoms with Crippen molar-refractivity contribution >= 4 is 5.69 Å². The molecule has 0 amide bonds. The van der Waals surface area contributed by atoms with Gasteiger partial charge < -0.3 is 15.1 Å². The van der Waals surface area contributed by atoms with Crippen LogP contribution in [0, 0.1) is 0 Å². The second-order valence-electron chi connectivity index (χ2n) is 6.40. The van der Waals surface area contributed by atoms with Crippen LogP contribution in [0.2, 0.25) is 0 Å². The van der Waals surface area contributed by atoms with Gasteiger partial charge in [-0.2, -0.15) is 0 Å². The second kappa shape index (κ2) is 7.18. The van der Waals surface area contributed by atoms with Gasteiger partial charge in [-0.15, -0.1) is 0 Å². The van der Waals surface area contributed by atoms with E-state index in [-0.39, 0.29) is 0 Å². The van der Waals surface area contributed by atoms with Crippen LogP contribution in [0.15, 0.2) is 6.20 Å². The summed E-state index contributed by atoms with van der Waals surface area (Å²) in [6.45, 7) is 10.7. The Labute approximate surface area is 128 Å². The van der Waals surface area contributed by atoms with Crippen LogP contribution < -0.4 is 10.2 Å². The number of likely N-dealkylation sites (N-methyl/N-ethyl adjacent to an activating group) is 1. The molecule has 0 saturated carbocycles. The Morgan fingerprint density at radius 2 is 2.14 bits per heavy atom. The highest BCUT2D eigenvalue weighted by Crippen LogP contribution is 2.24. The van der Waals surface area contributed by atoms with Crippen LogP contribution in [0.25, 0.3) is 0 Å². The van der Waals surface area contributed by atoms with E-state index in [1.54, 1.807) is 0 Å². The molecule has 1 N–H and O–H groups in total. The van der Waals surface area contributed by atoms with Crippen molar-refractivity contribution in [1.29, 1.82) is 0 Å². The molecule has 0 aliphatic carbocycles. The standard InChI is InChI=1S/C16H29N5/c1-12(2)16-18-10-15(14(19-16)9-17-4)21-8-6-7-20(5)11-13(21)3/h10,12-13,17H,6-9,11H2,1-5H3. The zero-order valence-electron chi connectivity index (χ0n) is 14.1. The fraction of sp³-hybridized carbons (Fsp3) is 0.750. The van der Waals surface area contributed by atoms with E-state index < -0.39 is 0 Å². The monoisotopic (exact) mass is 291 g/mol. The van der Waals surface area contributed by atoms with E-state index in [0.717, 1.165) is 37.7 Å². The molecule has 1 aliphatic heterocycles.